The lowest BCUT2D eigenvalue weighted by molar-refractivity contribution is -0.185. The van der Waals surface area contributed by atoms with Gasteiger partial charge in [-0.3, -0.25) is 9.52 Å². The number of amides is 1. The van der Waals surface area contributed by atoms with Crippen molar-refractivity contribution in [1.29, 1.82) is 0 Å². The van der Waals surface area contributed by atoms with Crippen molar-refractivity contribution in [3.8, 4) is 11.6 Å². The van der Waals surface area contributed by atoms with Crippen molar-refractivity contribution in [3.63, 3.8) is 0 Å². The lowest BCUT2D eigenvalue weighted by Gasteiger charge is -2.19. The third-order valence-corrected chi connectivity index (χ3v) is 5.44. The Bertz CT molecular complexity index is 1510. The Balaban J connectivity index is 1.55. The molecule has 13 heteroatoms. The maximum Gasteiger partial charge on any atom is 0.426 e. The molecule has 186 valence electrons. The molecule has 0 radical (unpaired) electrons. The predicted molar refractivity (Wildman–Crippen MR) is 130 cm³/mol. The number of hydrogen-bond donors (Lipinski definition) is 2. The van der Waals surface area contributed by atoms with Crippen LogP contribution in [0.1, 0.15) is 15.9 Å². The van der Waals surface area contributed by atoms with E-state index in [4.69, 9.17) is 16.3 Å². The highest BCUT2D eigenvalue weighted by molar-refractivity contribution is 7.92. The standard InChI is InChI=1S/C23H18ClF2N5O4S/c1-36(33,34)30-19-11-17(24)10-18(12-19)29-22(32)15-13-28-31(14-15)21-20(8-5-9-27-21)35-23(25,26)16-6-3-2-4-7-16/h2-14,30H,1H3,(H,29,32). The first-order valence-electron chi connectivity index (χ1n) is 10.2. The van der Waals surface area contributed by atoms with Crippen molar-refractivity contribution >= 4 is 38.9 Å². The van der Waals surface area contributed by atoms with Crippen molar-refractivity contribution in [3.05, 3.63) is 95.4 Å². The summed E-state index contributed by atoms with van der Waals surface area (Å²) < 4.78 is 60.7. The Hall–Kier alpha value is -4.03. The van der Waals surface area contributed by atoms with Gasteiger partial charge in [-0.05, 0) is 42.5 Å². The van der Waals surface area contributed by atoms with Crippen LogP contribution in [0.15, 0.2) is 79.3 Å². The average Bonchev–Trinajstić information content (AvgIpc) is 3.28. The summed E-state index contributed by atoms with van der Waals surface area (Å²) in [5.41, 5.74) is 0.104. The van der Waals surface area contributed by atoms with Crippen LogP contribution in [0.3, 0.4) is 0 Å². The van der Waals surface area contributed by atoms with Gasteiger partial charge in [0.25, 0.3) is 5.91 Å². The van der Waals surface area contributed by atoms with Crippen LogP contribution < -0.4 is 14.8 Å². The van der Waals surface area contributed by atoms with E-state index < -0.39 is 22.0 Å². The molecule has 0 aliphatic rings. The molecule has 2 heterocycles. The van der Waals surface area contributed by atoms with Crippen LogP contribution in [0.25, 0.3) is 5.82 Å². The highest BCUT2D eigenvalue weighted by Crippen LogP contribution is 2.33. The van der Waals surface area contributed by atoms with Gasteiger partial charge in [-0.1, -0.05) is 29.8 Å². The van der Waals surface area contributed by atoms with Gasteiger partial charge in [0.1, 0.15) is 0 Å². The zero-order chi connectivity index (χ0) is 25.9. The highest BCUT2D eigenvalue weighted by Gasteiger charge is 2.35. The molecule has 2 N–H and O–H groups in total. The minimum Gasteiger partial charge on any atom is -0.425 e. The molecule has 0 atom stereocenters. The van der Waals surface area contributed by atoms with Crippen molar-refractivity contribution in [2.45, 2.75) is 6.11 Å². The third kappa shape index (κ3) is 6.15. The van der Waals surface area contributed by atoms with Crippen molar-refractivity contribution in [2.75, 3.05) is 16.3 Å². The second-order valence-electron chi connectivity index (χ2n) is 7.54. The van der Waals surface area contributed by atoms with E-state index in [1.165, 1.54) is 73.2 Å². The Morgan fingerprint density at radius 2 is 1.81 bits per heavy atom. The smallest absolute Gasteiger partial charge is 0.425 e. The monoisotopic (exact) mass is 533 g/mol. The molecule has 2 aromatic heterocycles. The Morgan fingerprint density at radius 1 is 1.08 bits per heavy atom. The molecule has 2 aromatic carbocycles. The molecule has 9 nitrogen and oxygen atoms in total. The maximum absolute atomic E-state index is 14.7. The van der Waals surface area contributed by atoms with Gasteiger partial charge in [0.05, 0.1) is 29.3 Å². The van der Waals surface area contributed by atoms with Crippen molar-refractivity contribution < 1.29 is 26.7 Å². The molecule has 0 saturated heterocycles. The second kappa shape index (κ2) is 9.91. The first kappa shape index (κ1) is 25.1. The highest BCUT2D eigenvalue weighted by atomic mass is 35.5. The van der Waals surface area contributed by atoms with E-state index in [1.807, 2.05) is 0 Å². The van der Waals surface area contributed by atoms with Crippen molar-refractivity contribution in [2.24, 2.45) is 0 Å². The zero-order valence-corrected chi connectivity index (χ0v) is 20.1. The zero-order valence-electron chi connectivity index (χ0n) is 18.5. The topological polar surface area (TPSA) is 115 Å². The summed E-state index contributed by atoms with van der Waals surface area (Å²) >= 11 is 6.02. The molecule has 0 aliphatic carbocycles. The van der Waals surface area contributed by atoms with E-state index in [1.54, 1.807) is 6.07 Å². The number of pyridine rings is 1. The fraction of sp³-hybridized carbons (Fsp3) is 0.0870. The summed E-state index contributed by atoms with van der Waals surface area (Å²) in [4.78, 5) is 16.8. The fourth-order valence-corrected chi connectivity index (χ4v) is 3.94. The summed E-state index contributed by atoms with van der Waals surface area (Å²) in [5.74, 6) is -0.927. The first-order valence-corrected chi connectivity index (χ1v) is 12.5. The molecule has 0 fully saturated rings. The summed E-state index contributed by atoms with van der Waals surface area (Å²) in [6.07, 6.45) is 1.20. The molecule has 36 heavy (non-hydrogen) atoms. The van der Waals surface area contributed by atoms with E-state index in [0.717, 1.165) is 10.9 Å². The minimum atomic E-state index is -3.64. The van der Waals surface area contributed by atoms with Gasteiger partial charge in [-0.25, -0.2) is 18.1 Å². The quantitative estimate of drug-likeness (QED) is 0.340. The Morgan fingerprint density at radius 3 is 2.53 bits per heavy atom. The SMILES string of the molecule is CS(=O)(=O)Nc1cc(Cl)cc(NC(=O)c2cnn(-c3ncccc3OC(F)(F)c3ccccc3)c2)c1. The van der Waals surface area contributed by atoms with Gasteiger partial charge < -0.3 is 10.1 Å². The molecule has 0 saturated carbocycles. The van der Waals surface area contributed by atoms with Crippen LogP contribution in [0.5, 0.6) is 5.75 Å². The van der Waals surface area contributed by atoms with Gasteiger partial charge >= 0.3 is 6.11 Å². The number of nitrogens with one attached hydrogen (secondary N) is 2. The number of nitrogens with zero attached hydrogens (tertiary/aromatic N) is 3. The molecular weight excluding hydrogens is 516 g/mol. The van der Waals surface area contributed by atoms with E-state index in [0.29, 0.717) is 0 Å². The number of carbonyl (C=O) groups excluding carboxylic acids is 1. The summed E-state index contributed by atoms with van der Waals surface area (Å²) in [7, 11) is -3.56. The lowest BCUT2D eigenvalue weighted by Crippen LogP contribution is -2.22. The van der Waals surface area contributed by atoms with Crippen LogP contribution in [0.2, 0.25) is 5.02 Å². The van der Waals surface area contributed by atoms with Crippen LogP contribution >= 0.6 is 11.6 Å². The van der Waals surface area contributed by atoms with Gasteiger partial charge in [0.15, 0.2) is 11.6 Å². The summed E-state index contributed by atoms with van der Waals surface area (Å²) in [6, 6.07) is 13.9. The third-order valence-electron chi connectivity index (χ3n) is 4.62. The number of benzene rings is 2. The van der Waals surface area contributed by atoms with Gasteiger partial charge in [0, 0.05) is 23.1 Å². The van der Waals surface area contributed by atoms with Gasteiger partial charge in [0.2, 0.25) is 10.0 Å². The molecule has 0 bridgehead atoms. The first-order chi connectivity index (χ1) is 17.0. The minimum absolute atomic E-state index is 0.0606. The molecular formula is C23H18ClF2N5O4S. The number of aromatic nitrogens is 3. The molecule has 1 amide bonds. The average molecular weight is 534 g/mol. The largest absolute Gasteiger partial charge is 0.426 e. The van der Waals surface area contributed by atoms with Gasteiger partial charge in [-0.2, -0.15) is 13.9 Å². The number of carbonyl (C=O) groups is 1. The number of anilines is 2. The number of hydrogen-bond acceptors (Lipinski definition) is 6. The van der Waals surface area contributed by atoms with E-state index in [9.17, 15) is 22.0 Å². The molecule has 0 unspecified atom stereocenters. The van der Waals surface area contributed by atoms with E-state index in [2.05, 4.69) is 20.1 Å². The molecule has 4 rings (SSSR count). The van der Waals surface area contributed by atoms with Crippen molar-refractivity contribution in [1.82, 2.24) is 14.8 Å². The lowest BCUT2D eigenvalue weighted by atomic mass is 10.2. The van der Waals surface area contributed by atoms with E-state index >= 15 is 0 Å². The number of ether oxygens (including phenoxy) is 1. The normalized spacial score (nSPS) is 11.7. The number of halogens is 3. The van der Waals surface area contributed by atoms with Crippen LogP contribution in [0, 0.1) is 0 Å². The number of sulfonamides is 1. The number of alkyl halides is 2. The summed E-state index contributed by atoms with van der Waals surface area (Å²) in [6.45, 7) is 0. The van der Waals surface area contributed by atoms with Gasteiger partial charge in [-0.15, -0.1) is 0 Å². The van der Waals surface area contributed by atoms with Crippen LogP contribution in [0.4, 0.5) is 20.2 Å². The second-order valence-corrected chi connectivity index (χ2v) is 9.73. The number of rotatable bonds is 8. The summed E-state index contributed by atoms with van der Waals surface area (Å²) in [5, 5.41) is 6.81. The molecule has 4 aromatic rings. The van der Waals surface area contributed by atoms with E-state index in [-0.39, 0.29) is 39.1 Å². The molecule has 0 spiro atoms. The maximum atomic E-state index is 14.7. The molecule has 0 aliphatic heterocycles. The Labute approximate surface area is 209 Å². The Kier molecular flexibility index (Phi) is 6.91. The van der Waals surface area contributed by atoms with Crippen LogP contribution in [-0.4, -0.2) is 35.3 Å². The predicted octanol–water partition coefficient (Wildman–Crippen LogP) is 4.67. The fourth-order valence-electron chi connectivity index (χ4n) is 3.16. The van der Waals surface area contributed by atoms with Crippen LogP contribution in [-0.2, 0) is 16.1 Å².